The molecule has 1 atom stereocenters. The van der Waals surface area contributed by atoms with Crippen LogP contribution >= 0.6 is 106 Å². The van der Waals surface area contributed by atoms with Crippen molar-refractivity contribution < 1.29 is 0 Å². The maximum absolute atomic E-state index is 4.91. The number of hydrogen-bond acceptors (Lipinski definition) is 12. The molecule has 3 aromatic heterocycles. The molecule has 12 heteroatoms. The van der Waals surface area contributed by atoms with Gasteiger partial charge < -0.3 is 0 Å². The summed E-state index contributed by atoms with van der Waals surface area (Å²) < 4.78 is 9.05. The molecule has 0 aliphatic carbocycles. The smallest absolute Gasteiger partial charge is 0.0905 e. The lowest BCUT2D eigenvalue weighted by molar-refractivity contribution is 1.14. The maximum Gasteiger partial charge on any atom is 0.0905 e. The molecule has 1 unspecified atom stereocenters. The van der Waals surface area contributed by atoms with Gasteiger partial charge in [-0.1, -0.05) is 59.2 Å². The molecule has 0 aromatic carbocycles. The average Bonchev–Trinajstić information content (AvgIpc) is 3.61. The van der Waals surface area contributed by atoms with Crippen molar-refractivity contribution in [3.63, 3.8) is 0 Å². The van der Waals surface area contributed by atoms with E-state index in [0.29, 0.717) is 5.25 Å². The van der Waals surface area contributed by atoms with Gasteiger partial charge in [-0.2, -0.15) is 0 Å². The highest BCUT2D eigenvalue weighted by Crippen LogP contribution is 2.68. The number of hydrogen-bond donors (Lipinski definition) is 0. The predicted molar refractivity (Wildman–Crippen MR) is 182 cm³/mol. The minimum atomic E-state index is 0.576. The molecule has 0 amide bonds. The highest BCUT2D eigenvalue weighted by atomic mass is 32.3. The molecular weight excluding hydrogens is 643 g/mol. The molecule has 0 saturated heterocycles. The summed E-state index contributed by atoms with van der Waals surface area (Å²) in [6.07, 6.45) is 3.65. The Morgan fingerprint density at radius 3 is 1.82 bits per heavy atom. The molecule has 7 rings (SSSR count). The SMILES string of the molecule is c1ccc(-c2cc(SCC3CSC4=C(SC(=C5SC6=C(SCCS6)S5)S4)S3)cc(-c3ccccn3)n2)nc1. The summed E-state index contributed by atoms with van der Waals surface area (Å²) in [5.74, 6) is 4.69. The Bertz CT molecular complexity index is 1380. The highest BCUT2D eigenvalue weighted by molar-refractivity contribution is 8.45. The number of pyridine rings is 3. The van der Waals surface area contributed by atoms with Crippen LogP contribution in [0.4, 0.5) is 0 Å². The standard InChI is InChI=1S/C26H19N3S9/c1-3-7-27-17(5-1)19-11-15(12-20(29-19)18-6-2-4-8-28-18)32-13-16-14-33-23-24(34-16)38-26(37-23)25-35-21-22(36-25)31-10-9-30-21/h1-8,11-12,16H,9-10,13-14H2. The van der Waals surface area contributed by atoms with Crippen LogP contribution < -0.4 is 0 Å². The van der Waals surface area contributed by atoms with Crippen LogP contribution in [0, 0.1) is 0 Å². The Hall–Kier alpha value is -0.180. The van der Waals surface area contributed by atoms with E-state index in [0.717, 1.165) is 34.3 Å². The summed E-state index contributed by atoms with van der Waals surface area (Å²) in [5, 5.41) is 0.576. The summed E-state index contributed by atoms with van der Waals surface area (Å²) in [6.45, 7) is 0. The van der Waals surface area contributed by atoms with Crippen molar-refractivity contribution in [1.82, 2.24) is 15.0 Å². The van der Waals surface area contributed by atoms with Crippen molar-refractivity contribution in [3.8, 4) is 22.8 Å². The van der Waals surface area contributed by atoms with Gasteiger partial charge in [0.15, 0.2) is 0 Å². The number of aromatic nitrogens is 3. The van der Waals surface area contributed by atoms with E-state index in [1.54, 1.807) is 0 Å². The van der Waals surface area contributed by atoms with Crippen LogP contribution in [0.2, 0.25) is 0 Å². The zero-order valence-electron chi connectivity index (χ0n) is 19.7. The molecule has 0 radical (unpaired) electrons. The van der Waals surface area contributed by atoms with Gasteiger partial charge in [-0.25, -0.2) is 4.98 Å². The van der Waals surface area contributed by atoms with Crippen LogP contribution in [0.1, 0.15) is 0 Å². The van der Waals surface area contributed by atoms with E-state index in [9.17, 15) is 0 Å². The predicted octanol–water partition coefficient (Wildman–Crippen LogP) is 9.97. The fraction of sp³-hybridized carbons (Fsp3) is 0.192. The number of rotatable bonds is 5. The molecule has 192 valence electrons. The second kappa shape index (κ2) is 12.4. The van der Waals surface area contributed by atoms with Gasteiger partial charge in [-0.3, -0.25) is 9.97 Å². The average molecular weight is 662 g/mol. The lowest BCUT2D eigenvalue weighted by atomic mass is 10.2. The summed E-state index contributed by atoms with van der Waals surface area (Å²) in [7, 11) is 0. The van der Waals surface area contributed by atoms with E-state index in [1.165, 1.54) is 41.8 Å². The Balaban J connectivity index is 1.05. The topological polar surface area (TPSA) is 38.7 Å². The molecule has 3 nitrogen and oxygen atoms in total. The Kier molecular flexibility index (Phi) is 8.69. The van der Waals surface area contributed by atoms with Gasteiger partial charge in [0.1, 0.15) is 0 Å². The monoisotopic (exact) mass is 661 g/mol. The van der Waals surface area contributed by atoms with Gasteiger partial charge in [0.05, 0.1) is 48.2 Å². The first-order chi connectivity index (χ1) is 18.8. The quantitative estimate of drug-likeness (QED) is 0.244. The van der Waals surface area contributed by atoms with Gasteiger partial charge in [0.2, 0.25) is 0 Å². The third-order valence-corrected chi connectivity index (χ3v) is 19.3. The van der Waals surface area contributed by atoms with E-state index in [-0.39, 0.29) is 0 Å². The summed E-state index contributed by atoms with van der Waals surface area (Å²) >= 11 is 18.1. The van der Waals surface area contributed by atoms with Crippen molar-refractivity contribution in [2.75, 3.05) is 23.0 Å². The van der Waals surface area contributed by atoms with Gasteiger partial charge in [-0.05, 0) is 36.4 Å². The van der Waals surface area contributed by atoms with Crippen LogP contribution in [0.25, 0.3) is 22.8 Å². The second-order valence-electron chi connectivity index (χ2n) is 8.20. The largest absolute Gasteiger partial charge is 0.255 e. The fourth-order valence-corrected chi connectivity index (χ4v) is 17.7. The Morgan fingerprint density at radius 1 is 0.658 bits per heavy atom. The molecule has 0 spiro atoms. The molecule has 0 fully saturated rings. The molecule has 0 saturated carbocycles. The van der Waals surface area contributed by atoms with Crippen LogP contribution in [-0.2, 0) is 0 Å². The summed E-state index contributed by atoms with van der Waals surface area (Å²) in [6, 6.07) is 16.3. The lowest BCUT2D eigenvalue weighted by Gasteiger charge is -2.21. The molecule has 4 aliphatic rings. The van der Waals surface area contributed by atoms with Gasteiger partial charge >= 0.3 is 0 Å². The van der Waals surface area contributed by atoms with Crippen molar-refractivity contribution in [2.24, 2.45) is 0 Å². The molecule has 7 heterocycles. The Morgan fingerprint density at radius 2 is 1.24 bits per heavy atom. The number of thioether (sulfide) groups is 9. The third-order valence-electron chi connectivity index (χ3n) is 5.55. The van der Waals surface area contributed by atoms with Crippen molar-refractivity contribution >= 4 is 106 Å². The molecular formula is C26H19N3S9. The molecule has 4 aliphatic heterocycles. The van der Waals surface area contributed by atoms with E-state index >= 15 is 0 Å². The first-order valence-electron chi connectivity index (χ1n) is 11.8. The normalized spacial score (nSPS) is 21.2. The lowest BCUT2D eigenvalue weighted by Crippen LogP contribution is -2.12. The van der Waals surface area contributed by atoms with Crippen LogP contribution in [0.15, 0.2) is 91.2 Å². The first-order valence-corrected chi connectivity index (χ1v) is 19.8. The number of nitrogens with zero attached hydrogens (tertiary/aromatic N) is 3. The fourth-order valence-electron chi connectivity index (χ4n) is 3.82. The second-order valence-corrected chi connectivity index (χ2v) is 19.5. The van der Waals surface area contributed by atoms with Gasteiger partial charge in [0, 0.05) is 45.6 Å². The molecule has 0 N–H and O–H groups in total. The molecule has 3 aromatic rings. The third kappa shape index (κ3) is 6.04. The zero-order valence-corrected chi connectivity index (χ0v) is 27.0. The molecule has 38 heavy (non-hydrogen) atoms. The van der Waals surface area contributed by atoms with Crippen molar-refractivity contribution in [2.45, 2.75) is 10.1 Å². The van der Waals surface area contributed by atoms with Crippen LogP contribution in [0.3, 0.4) is 0 Å². The van der Waals surface area contributed by atoms with E-state index in [1.807, 2.05) is 143 Å². The van der Waals surface area contributed by atoms with Gasteiger partial charge in [0.25, 0.3) is 0 Å². The van der Waals surface area contributed by atoms with E-state index < -0.39 is 0 Å². The van der Waals surface area contributed by atoms with Crippen molar-refractivity contribution in [1.29, 1.82) is 0 Å². The maximum atomic E-state index is 4.91. The minimum Gasteiger partial charge on any atom is -0.255 e. The summed E-state index contributed by atoms with van der Waals surface area (Å²) in [5.41, 5.74) is 3.57. The van der Waals surface area contributed by atoms with Gasteiger partial charge in [-0.15, -0.1) is 58.8 Å². The van der Waals surface area contributed by atoms with E-state index in [2.05, 4.69) is 33.9 Å². The molecule has 0 bridgehead atoms. The van der Waals surface area contributed by atoms with E-state index in [4.69, 9.17) is 4.98 Å². The van der Waals surface area contributed by atoms with Crippen molar-refractivity contribution in [3.05, 3.63) is 86.3 Å². The highest BCUT2D eigenvalue weighted by Gasteiger charge is 2.35. The van der Waals surface area contributed by atoms with Crippen LogP contribution in [0.5, 0.6) is 0 Å². The summed E-state index contributed by atoms with van der Waals surface area (Å²) in [4.78, 5) is 15.2. The minimum absolute atomic E-state index is 0.576. The Labute approximate surface area is 260 Å². The van der Waals surface area contributed by atoms with Crippen LogP contribution in [-0.4, -0.2) is 43.2 Å². The first kappa shape index (κ1) is 26.7. The zero-order chi connectivity index (χ0) is 25.3.